The van der Waals surface area contributed by atoms with Crippen molar-refractivity contribution in [1.82, 2.24) is 0 Å². The Morgan fingerprint density at radius 2 is 0.868 bits per heavy atom. The Bertz CT molecular complexity index is 2730. The summed E-state index contributed by atoms with van der Waals surface area (Å²) in [5, 5.41) is 2.51. The summed E-state index contributed by atoms with van der Waals surface area (Å²) in [5.41, 5.74) is 19.1. The summed E-state index contributed by atoms with van der Waals surface area (Å²) in [7, 11) is 0. The minimum atomic E-state index is -0.165. The first-order valence-corrected chi connectivity index (χ1v) is 18.8. The summed E-state index contributed by atoms with van der Waals surface area (Å²) in [5.74, 6) is 0. The first-order valence-electron chi connectivity index (χ1n) is 18.8. The molecule has 0 fully saturated rings. The molecule has 0 N–H and O–H groups in total. The van der Waals surface area contributed by atoms with Gasteiger partial charge in [-0.15, -0.1) is 0 Å². The summed E-state index contributed by atoms with van der Waals surface area (Å²) in [6.07, 6.45) is 0. The normalized spacial score (nSPS) is 14.3. The lowest BCUT2D eigenvalue weighted by molar-refractivity contribution is 0.661. The lowest BCUT2D eigenvalue weighted by atomic mass is 9.79. The number of hydrogen-bond donors (Lipinski definition) is 0. The Morgan fingerprint density at radius 1 is 0.340 bits per heavy atom. The maximum absolute atomic E-state index is 2.48. The minimum absolute atomic E-state index is 0.0817. The Labute approximate surface area is 312 Å². The topological polar surface area (TPSA) is 3.24 Å². The van der Waals surface area contributed by atoms with Gasteiger partial charge < -0.3 is 4.90 Å². The van der Waals surface area contributed by atoms with Crippen molar-refractivity contribution < 1.29 is 0 Å². The molecule has 0 unspecified atom stereocenters. The van der Waals surface area contributed by atoms with Gasteiger partial charge in [0.1, 0.15) is 0 Å². The van der Waals surface area contributed by atoms with Crippen molar-refractivity contribution in [2.75, 3.05) is 4.90 Å². The van der Waals surface area contributed by atoms with E-state index in [4.69, 9.17) is 0 Å². The minimum Gasteiger partial charge on any atom is -0.310 e. The average molecular weight is 680 g/mol. The molecule has 0 saturated heterocycles. The van der Waals surface area contributed by atoms with E-state index in [1.54, 1.807) is 0 Å². The van der Waals surface area contributed by atoms with Gasteiger partial charge in [-0.05, 0) is 114 Å². The molecule has 0 saturated carbocycles. The highest BCUT2D eigenvalue weighted by Crippen LogP contribution is 2.55. The van der Waals surface area contributed by atoms with E-state index in [-0.39, 0.29) is 10.8 Å². The molecule has 0 aliphatic heterocycles. The molecule has 0 aromatic heterocycles. The molecule has 2 aliphatic rings. The molecule has 0 bridgehead atoms. The summed E-state index contributed by atoms with van der Waals surface area (Å²) >= 11 is 0. The molecule has 53 heavy (non-hydrogen) atoms. The zero-order valence-electron chi connectivity index (χ0n) is 30.7. The van der Waals surface area contributed by atoms with Crippen molar-refractivity contribution in [2.24, 2.45) is 0 Å². The van der Waals surface area contributed by atoms with Crippen LogP contribution < -0.4 is 4.90 Å². The predicted octanol–water partition coefficient (Wildman–Crippen LogP) is 14.3. The van der Waals surface area contributed by atoms with Crippen molar-refractivity contribution >= 4 is 27.8 Å². The van der Waals surface area contributed by atoms with Gasteiger partial charge in [-0.25, -0.2) is 0 Å². The van der Waals surface area contributed by atoms with Gasteiger partial charge in [-0.1, -0.05) is 167 Å². The molecular formula is C52H41N. The Kier molecular flexibility index (Phi) is 6.94. The molecule has 2 aliphatic carbocycles. The van der Waals surface area contributed by atoms with Crippen LogP contribution in [0.2, 0.25) is 0 Å². The van der Waals surface area contributed by atoms with Crippen LogP contribution in [0.4, 0.5) is 17.1 Å². The molecule has 1 heteroatoms. The van der Waals surface area contributed by atoms with Gasteiger partial charge in [0, 0.05) is 22.2 Å². The Morgan fingerprint density at radius 3 is 1.60 bits per heavy atom. The zero-order valence-corrected chi connectivity index (χ0v) is 30.7. The molecule has 0 heterocycles. The SMILES string of the molecule is CC1(C)c2ccccc2-c2cccc(-c3ccc(N(c4cccc(-c5ccc6ccccc6c5)c4)c4cccc5c4C(C)(C)c4ccccc4-5)cc3)c21. The highest BCUT2D eigenvalue weighted by Gasteiger charge is 2.39. The third-order valence-electron chi connectivity index (χ3n) is 12.0. The largest absolute Gasteiger partial charge is 0.310 e. The van der Waals surface area contributed by atoms with Crippen LogP contribution in [0.3, 0.4) is 0 Å². The molecule has 0 atom stereocenters. The van der Waals surface area contributed by atoms with E-state index >= 15 is 0 Å². The lowest BCUT2D eigenvalue weighted by Crippen LogP contribution is -2.20. The van der Waals surface area contributed by atoms with Crippen molar-refractivity contribution in [3.8, 4) is 44.5 Å². The molecule has 1 nitrogen and oxygen atoms in total. The van der Waals surface area contributed by atoms with Crippen LogP contribution >= 0.6 is 0 Å². The second kappa shape index (κ2) is 11.7. The standard InChI is InChI=1S/C52H41N/c1-51(2)46-23-9-7-18-42(46)44-21-12-20-41(49(44)51)35-28-30-39(31-29-35)53(48-25-13-22-45-43-19-8-10-24-47(43)52(3,4)50(45)48)40-17-11-16-37(33-40)38-27-26-34-14-5-6-15-36(34)32-38/h5-33H,1-4H3. The van der Waals surface area contributed by atoms with Crippen LogP contribution in [0.15, 0.2) is 176 Å². The Balaban J connectivity index is 1.14. The molecule has 0 radical (unpaired) electrons. The fourth-order valence-corrected chi connectivity index (χ4v) is 9.50. The molecule has 10 rings (SSSR count). The van der Waals surface area contributed by atoms with E-state index in [0.717, 1.165) is 11.4 Å². The number of benzene rings is 8. The van der Waals surface area contributed by atoms with Gasteiger partial charge in [-0.2, -0.15) is 0 Å². The maximum atomic E-state index is 2.48. The first-order chi connectivity index (χ1) is 25.8. The highest BCUT2D eigenvalue weighted by molar-refractivity contribution is 5.93. The van der Waals surface area contributed by atoms with Crippen LogP contribution in [-0.2, 0) is 10.8 Å². The lowest BCUT2D eigenvalue weighted by Gasteiger charge is -2.32. The second-order valence-corrected chi connectivity index (χ2v) is 15.8. The molecule has 0 spiro atoms. The third kappa shape index (κ3) is 4.77. The van der Waals surface area contributed by atoms with Crippen LogP contribution in [0.5, 0.6) is 0 Å². The smallest absolute Gasteiger partial charge is 0.0508 e. The van der Waals surface area contributed by atoms with Crippen molar-refractivity contribution in [1.29, 1.82) is 0 Å². The number of hydrogen-bond acceptors (Lipinski definition) is 1. The van der Waals surface area contributed by atoms with Crippen LogP contribution in [0.25, 0.3) is 55.3 Å². The quantitative estimate of drug-likeness (QED) is 0.175. The number of nitrogens with zero attached hydrogens (tertiary/aromatic N) is 1. The molecule has 0 amide bonds. The van der Waals surface area contributed by atoms with Crippen molar-refractivity contribution in [2.45, 2.75) is 38.5 Å². The van der Waals surface area contributed by atoms with E-state index in [1.807, 2.05) is 0 Å². The van der Waals surface area contributed by atoms with E-state index in [0.29, 0.717) is 0 Å². The van der Waals surface area contributed by atoms with Crippen LogP contribution in [-0.4, -0.2) is 0 Å². The maximum Gasteiger partial charge on any atom is 0.0508 e. The van der Waals surface area contributed by atoms with Crippen LogP contribution in [0, 0.1) is 0 Å². The summed E-state index contributed by atoms with van der Waals surface area (Å²) < 4.78 is 0. The third-order valence-corrected chi connectivity index (χ3v) is 12.0. The Hall–Kier alpha value is -6.18. The number of rotatable bonds is 5. The molecule has 254 valence electrons. The number of anilines is 3. The molecular weight excluding hydrogens is 639 g/mol. The predicted molar refractivity (Wildman–Crippen MR) is 225 cm³/mol. The second-order valence-electron chi connectivity index (χ2n) is 15.8. The first kappa shape index (κ1) is 31.5. The molecule has 8 aromatic rings. The number of fused-ring (bicyclic) bond motifs is 7. The summed E-state index contributed by atoms with van der Waals surface area (Å²) in [4.78, 5) is 2.48. The van der Waals surface area contributed by atoms with Gasteiger partial charge in [-0.3, -0.25) is 0 Å². The monoisotopic (exact) mass is 679 g/mol. The van der Waals surface area contributed by atoms with E-state index < -0.39 is 0 Å². The van der Waals surface area contributed by atoms with Gasteiger partial charge in [0.25, 0.3) is 0 Å². The van der Waals surface area contributed by atoms with E-state index in [2.05, 4.69) is 209 Å². The molecule has 8 aromatic carbocycles. The zero-order chi connectivity index (χ0) is 35.9. The van der Waals surface area contributed by atoms with E-state index in [9.17, 15) is 0 Å². The fourth-order valence-electron chi connectivity index (χ4n) is 9.50. The van der Waals surface area contributed by atoms with Gasteiger partial charge in [0.2, 0.25) is 0 Å². The average Bonchev–Trinajstić information content (AvgIpc) is 3.58. The van der Waals surface area contributed by atoms with E-state index in [1.165, 1.54) is 83.2 Å². The summed E-state index contributed by atoms with van der Waals surface area (Å²) in [6.45, 7) is 9.50. The van der Waals surface area contributed by atoms with Gasteiger partial charge in [0.05, 0.1) is 5.69 Å². The highest BCUT2D eigenvalue weighted by atomic mass is 15.1. The van der Waals surface area contributed by atoms with Crippen LogP contribution in [0.1, 0.15) is 49.9 Å². The fraction of sp³-hybridized carbons (Fsp3) is 0.115. The van der Waals surface area contributed by atoms with Crippen molar-refractivity contribution in [3.63, 3.8) is 0 Å². The van der Waals surface area contributed by atoms with Crippen molar-refractivity contribution in [3.05, 3.63) is 198 Å². The van der Waals surface area contributed by atoms with Gasteiger partial charge in [0.15, 0.2) is 0 Å². The summed E-state index contributed by atoms with van der Waals surface area (Å²) in [6, 6.07) is 65.2. The van der Waals surface area contributed by atoms with Gasteiger partial charge >= 0.3 is 0 Å².